The number of ether oxygens (including phenoxy) is 1. The van der Waals surface area contributed by atoms with Gasteiger partial charge >= 0.3 is 0 Å². The Morgan fingerprint density at radius 1 is 1.52 bits per heavy atom. The van der Waals surface area contributed by atoms with Gasteiger partial charge in [-0.15, -0.1) is 0 Å². The Morgan fingerprint density at radius 3 is 2.87 bits per heavy atom. The van der Waals surface area contributed by atoms with Gasteiger partial charge in [0.2, 0.25) is 0 Å². The van der Waals surface area contributed by atoms with Crippen molar-refractivity contribution in [1.29, 1.82) is 0 Å². The van der Waals surface area contributed by atoms with E-state index in [4.69, 9.17) is 26.8 Å². The van der Waals surface area contributed by atoms with Crippen molar-refractivity contribution in [1.82, 2.24) is 0 Å². The zero-order valence-corrected chi connectivity index (χ0v) is 17.1. The summed E-state index contributed by atoms with van der Waals surface area (Å²) >= 11 is 10.9. The van der Waals surface area contributed by atoms with Gasteiger partial charge in [0.1, 0.15) is 12.1 Å². The van der Waals surface area contributed by atoms with Crippen LogP contribution in [0.1, 0.15) is 26.2 Å². The smallest absolute Gasteiger partial charge is 0.194 e. The minimum absolute atomic E-state index is 0.0348. The first-order valence-electron chi connectivity index (χ1n) is 7.60. The highest BCUT2D eigenvalue weighted by Crippen LogP contribution is 2.68. The van der Waals surface area contributed by atoms with Crippen molar-refractivity contribution in [2.75, 3.05) is 6.35 Å². The van der Waals surface area contributed by atoms with E-state index in [-0.39, 0.29) is 6.10 Å². The third-order valence-electron chi connectivity index (χ3n) is 4.43. The molecule has 1 aromatic rings. The Balaban J connectivity index is 1.72. The minimum atomic E-state index is -2.18. The maximum atomic E-state index is 6.66. The highest BCUT2D eigenvalue weighted by Gasteiger charge is 2.50. The number of hydrogen-bond donors (Lipinski definition) is 1. The molecule has 0 bridgehead atoms. The third-order valence-corrected chi connectivity index (χ3v) is 10.6. The molecule has 0 spiro atoms. The van der Waals surface area contributed by atoms with Gasteiger partial charge in [0, 0.05) is 4.47 Å². The summed E-state index contributed by atoms with van der Waals surface area (Å²) in [6, 6.07) is 7.74. The molecule has 23 heavy (non-hydrogen) atoms. The Kier molecular flexibility index (Phi) is 5.32. The van der Waals surface area contributed by atoms with Gasteiger partial charge in [0.15, 0.2) is 5.47 Å². The molecule has 126 valence electrons. The Bertz CT molecular complexity index is 654. The van der Waals surface area contributed by atoms with Crippen LogP contribution in [0.25, 0.3) is 0 Å². The maximum Gasteiger partial charge on any atom is 0.194 e. The number of nitrogens with two attached hydrogens (primary N) is 1. The lowest BCUT2D eigenvalue weighted by Gasteiger charge is -2.48. The highest BCUT2D eigenvalue weighted by atomic mass is 79.9. The average molecular weight is 434 g/mol. The van der Waals surface area contributed by atoms with Crippen LogP contribution in [-0.4, -0.2) is 17.3 Å². The van der Waals surface area contributed by atoms with E-state index in [1.165, 1.54) is 5.57 Å². The summed E-state index contributed by atoms with van der Waals surface area (Å²) in [7, 11) is 0. The topological polar surface area (TPSA) is 44.5 Å². The first-order valence-corrected chi connectivity index (χ1v) is 12.7. The van der Waals surface area contributed by atoms with E-state index in [2.05, 4.69) is 29.4 Å². The second-order valence-electron chi connectivity index (χ2n) is 6.30. The Hall–Kier alpha value is 0.160. The monoisotopic (exact) mass is 433 g/mol. The van der Waals surface area contributed by atoms with Crippen LogP contribution in [0.5, 0.6) is 5.75 Å². The zero-order chi connectivity index (χ0) is 16.7. The van der Waals surface area contributed by atoms with E-state index >= 15 is 0 Å². The van der Waals surface area contributed by atoms with Crippen LogP contribution in [0, 0.1) is 5.92 Å². The lowest BCUT2D eigenvalue weighted by atomic mass is 9.80. The van der Waals surface area contributed by atoms with Gasteiger partial charge in [-0.1, -0.05) is 39.5 Å². The van der Waals surface area contributed by atoms with Crippen LogP contribution in [0.15, 0.2) is 40.9 Å². The minimum Gasteiger partial charge on any atom is -0.455 e. The van der Waals surface area contributed by atoms with Crippen molar-refractivity contribution in [3.05, 3.63) is 40.9 Å². The standard InChI is InChI=1S/C16H21BrNO2PS2/c1-11(2)12-7-8-16(18)15(9-12)19-10-21(22,23-16)20-14-5-3-13(17)4-6-14/h3-6,12,15H,1,7-10,18H2,2H3/t12-,15-,16+,21+/m0/s1. The fraction of sp³-hybridized carbons (Fsp3) is 0.500. The lowest BCUT2D eigenvalue weighted by Crippen LogP contribution is -2.55. The molecule has 2 N–H and O–H groups in total. The second-order valence-corrected chi connectivity index (χ2v) is 14.6. The van der Waals surface area contributed by atoms with Crippen molar-refractivity contribution >= 4 is 44.6 Å². The zero-order valence-electron chi connectivity index (χ0n) is 13.0. The quantitative estimate of drug-likeness (QED) is 0.520. The molecule has 1 saturated heterocycles. The summed E-state index contributed by atoms with van der Waals surface area (Å²) in [5.74, 6) is 1.28. The predicted molar refractivity (Wildman–Crippen MR) is 105 cm³/mol. The van der Waals surface area contributed by atoms with E-state index in [1.807, 2.05) is 24.3 Å². The van der Waals surface area contributed by atoms with Crippen LogP contribution in [0.4, 0.5) is 0 Å². The molecule has 0 amide bonds. The molecule has 0 radical (unpaired) electrons. The molecular formula is C16H21BrNO2PS2. The van der Waals surface area contributed by atoms with Crippen LogP contribution in [0.2, 0.25) is 0 Å². The number of halogens is 1. The van der Waals surface area contributed by atoms with E-state index in [1.54, 1.807) is 11.4 Å². The number of hydrogen-bond acceptors (Lipinski definition) is 5. The van der Waals surface area contributed by atoms with Crippen LogP contribution < -0.4 is 10.3 Å². The second kappa shape index (κ2) is 6.81. The summed E-state index contributed by atoms with van der Waals surface area (Å²) < 4.78 is 13.2. The van der Waals surface area contributed by atoms with Gasteiger partial charge in [0.05, 0.1) is 11.0 Å². The molecule has 0 aromatic heterocycles. The van der Waals surface area contributed by atoms with E-state index in [0.29, 0.717) is 12.3 Å². The highest BCUT2D eigenvalue weighted by molar-refractivity contribution is 9.10. The molecule has 1 heterocycles. The molecule has 1 aliphatic heterocycles. The number of allylic oxidation sites excluding steroid dienone is 1. The SMILES string of the molecule is C=C(C)[C@H]1CC[C@@]2(N)S[P@@](=S)(Oc3ccc(Br)cc3)CO[C@H]2C1. The molecule has 1 aromatic carbocycles. The summed E-state index contributed by atoms with van der Waals surface area (Å²) in [6.07, 6.45) is 3.38. The molecule has 2 aliphatic rings. The van der Waals surface area contributed by atoms with Gasteiger partial charge < -0.3 is 15.0 Å². The fourth-order valence-electron chi connectivity index (χ4n) is 3.07. The van der Waals surface area contributed by atoms with Crippen LogP contribution in [0.3, 0.4) is 0 Å². The molecule has 3 rings (SSSR count). The van der Waals surface area contributed by atoms with Gasteiger partial charge in [0.25, 0.3) is 0 Å². The summed E-state index contributed by atoms with van der Waals surface area (Å²) in [4.78, 5) is -0.435. The summed E-state index contributed by atoms with van der Waals surface area (Å²) in [6.45, 7) is 6.17. The van der Waals surface area contributed by atoms with Crippen molar-refractivity contribution in [3.8, 4) is 5.75 Å². The van der Waals surface area contributed by atoms with Crippen LogP contribution >= 0.6 is 32.8 Å². The first-order chi connectivity index (χ1) is 10.8. The molecule has 4 atom stereocenters. The number of rotatable bonds is 3. The third kappa shape index (κ3) is 4.05. The molecule has 1 aliphatic carbocycles. The molecular weight excluding hydrogens is 413 g/mol. The predicted octanol–water partition coefficient (Wildman–Crippen LogP) is 5.26. The van der Waals surface area contributed by atoms with Crippen LogP contribution in [-0.2, 0) is 16.5 Å². The Labute approximate surface area is 155 Å². The van der Waals surface area contributed by atoms with Crippen molar-refractivity contribution in [3.63, 3.8) is 0 Å². The molecule has 3 nitrogen and oxygen atoms in total. The summed E-state index contributed by atoms with van der Waals surface area (Å²) in [5, 5.41) is 0. The van der Waals surface area contributed by atoms with Crippen molar-refractivity contribution in [2.24, 2.45) is 11.7 Å². The fourth-order valence-corrected chi connectivity index (χ4v) is 9.87. The number of fused-ring (bicyclic) bond motifs is 1. The van der Waals surface area contributed by atoms with Crippen molar-refractivity contribution in [2.45, 2.75) is 37.2 Å². The van der Waals surface area contributed by atoms with Crippen molar-refractivity contribution < 1.29 is 9.26 Å². The van der Waals surface area contributed by atoms with E-state index in [9.17, 15) is 0 Å². The van der Waals surface area contributed by atoms with E-state index in [0.717, 1.165) is 29.5 Å². The molecule has 1 saturated carbocycles. The number of benzene rings is 1. The normalized spacial score (nSPS) is 37.0. The Morgan fingerprint density at radius 2 is 2.22 bits per heavy atom. The van der Waals surface area contributed by atoms with Gasteiger partial charge in [-0.3, -0.25) is 0 Å². The van der Waals surface area contributed by atoms with Gasteiger partial charge in [-0.05, 0) is 68.2 Å². The summed E-state index contributed by atoms with van der Waals surface area (Å²) in [5.41, 5.74) is 5.70. The first kappa shape index (κ1) is 18.0. The van der Waals surface area contributed by atoms with E-state index < -0.39 is 10.3 Å². The largest absolute Gasteiger partial charge is 0.455 e. The molecule has 0 unspecified atom stereocenters. The lowest BCUT2D eigenvalue weighted by molar-refractivity contribution is 0.0142. The van der Waals surface area contributed by atoms with Gasteiger partial charge in [-0.2, -0.15) is 0 Å². The average Bonchev–Trinajstić information content (AvgIpc) is 2.48. The molecule has 2 fully saturated rings. The maximum absolute atomic E-state index is 6.66. The van der Waals surface area contributed by atoms with Gasteiger partial charge in [-0.25, -0.2) is 0 Å². The molecule has 7 heteroatoms.